The van der Waals surface area contributed by atoms with Crippen molar-refractivity contribution in [3.8, 4) is 5.75 Å². The van der Waals surface area contributed by atoms with Crippen molar-refractivity contribution in [1.82, 2.24) is 9.97 Å². The molecular formula is C12H8Br2N2O. The van der Waals surface area contributed by atoms with E-state index in [-0.39, 0.29) is 0 Å². The molecule has 3 rings (SSSR count). The predicted octanol–water partition coefficient (Wildman–Crippen LogP) is 4.25. The Bertz CT molecular complexity index is 721. The van der Waals surface area contributed by atoms with Gasteiger partial charge in [0, 0.05) is 27.0 Å². The van der Waals surface area contributed by atoms with Crippen LogP contribution in [0.3, 0.4) is 0 Å². The molecule has 0 unspecified atom stereocenters. The third-order valence-corrected chi connectivity index (χ3v) is 3.95. The number of ether oxygens (including phenoxy) is 1. The molecule has 17 heavy (non-hydrogen) atoms. The first-order valence-electron chi connectivity index (χ1n) is 4.99. The van der Waals surface area contributed by atoms with Crippen LogP contribution in [0, 0.1) is 0 Å². The second-order valence-corrected chi connectivity index (χ2v) is 5.41. The monoisotopic (exact) mass is 354 g/mol. The van der Waals surface area contributed by atoms with Gasteiger partial charge in [-0.05, 0) is 44.0 Å². The number of aromatic nitrogens is 2. The highest BCUT2D eigenvalue weighted by molar-refractivity contribution is 9.11. The fourth-order valence-corrected chi connectivity index (χ4v) is 3.02. The molecule has 1 aromatic carbocycles. The van der Waals surface area contributed by atoms with Crippen LogP contribution in [0.4, 0.5) is 0 Å². The molecular weight excluding hydrogens is 348 g/mol. The van der Waals surface area contributed by atoms with Crippen LogP contribution in [-0.4, -0.2) is 17.1 Å². The minimum Gasteiger partial charge on any atom is -0.496 e. The third-order valence-electron chi connectivity index (χ3n) is 2.73. The first kappa shape index (κ1) is 11.0. The summed E-state index contributed by atoms with van der Waals surface area (Å²) in [6.45, 7) is 0. The summed E-state index contributed by atoms with van der Waals surface area (Å²) in [6, 6.07) is 4.03. The molecule has 0 aliphatic rings. The lowest BCUT2D eigenvalue weighted by atomic mass is 10.2. The van der Waals surface area contributed by atoms with Gasteiger partial charge < -0.3 is 9.72 Å². The molecule has 0 amide bonds. The molecule has 2 heterocycles. The fourth-order valence-electron chi connectivity index (χ4n) is 1.97. The number of benzene rings is 1. The van der Waals surface area contributed by atoms with Gasteiger partial charge >= 0.3 is 0 Å². The van der Waals surface area contributed by atoms with Crippen molar-refractivity contribution in [2.75, 3.05) is 7.11 Å². The lowest BCUT2D eigenvalue weighted by molar-refractivity contribution is 0.413. The summed E-state index contributed by atoms with van der Waals surface area (Å²) in [7, 11) is 1.66. The zero-order chi connectivity index (χ0) is 12.0. The van der Waals surface area contributed by atoms with Gasteiger partial charge in [-0.15, -0.1) is 0 Å². The minimum atomic E-state index is 0.821. The fraction of sp³-hybridized carbons (Fsp3) is 0.0833. The average molecular weight is 356 g/mol. The van der Waals surface area contributed by atoms with E-state index in [2.05, 4.69) is 41.8 Å². The zero-order valence-corrected chi connectivity index (χ0v) is 12.1. The van der Waals surface area contributed by atoms with Gasteiger partial charge in [0.15, 0.2) is 0 Å². The lowest BCUT2D eigenvalue weighted by Crippen LogP contribution is -1.83. The van der Waals surface area contributed by atoms with E-state index in [0.717, 1.165) is 36.5 Å². The van der Waals surface area contributed by atoms with E-state index in [1.54, 1.807) is 13.3 Å². The Morgan fingerprint density at radius 2 is 1.94 bits per heavy atom. The summed E-state index contributed by atoms with van der Waals surface area (Å²) in [4.78, 5) is 7.48. The first-order chi connectivity index (χ1) is 8.20. The van der Waals surface area contributed by atoms with E-state index in [4.69, 9.17) is 4.74 Å². The van der Waals surface area contributed by atoms with Crippen LogP contribution in [0.5, 0.6) is 5.75 Å². The van der Waals surface area contributed by atoms with Crippen LogP contribution in [-0.2, 0) is 0 Å². The van der Waals surface area contributed by atoms with Crippen molar-refractivity contribution in [1.29, 1.82) is 0 Å². The largest absolute Gasteiger partial charge is 0.496 e. The molecule has 0 fully saturated rings. The van der Waals surface area contributed by atoms with Crippen LogP contribution in [0.2, 0.25) is 0 Å². The number of methoxy groups -OCH3 is 1. The first-order valence-corrected chi connectivity index (χ1v) is 6.57. The number of hydrogen-bond donors (Lipinski definition) is 1. The molecule has 0 spiro atoms. The van der Waals surface area contributed by atoms with Gasteiger partial charge in [0.05, 0.1) is 23.3 Å². The van der Waals surface area contributed by atoms with Crippen molar-refractivity contribution in [2.45, 2.75) is 0 Å². The highest BCUT2D eigenvalue weighted by atomic mass is 79.9. The molecule has 3 nitrogen and oxygen atoms in total. The van der Waals surface area contributed by atoms with E-state index in [9.17, 15) is 0 Å². The van der Waals surface area contributed by atoms with E-state index in [1.807, 2.05) is 18.3 Å². The Balaban J connectivity index is 2.51. The average Bonchev–Trinajstić information content (AvgIpc) is 2.66. The van der Waals surface area contributed by atoms with Gasteiger partial charge in [-0.2, -0.15) is 0 Å². The summed E-state index contributed by atoms with van der Waals surface area (Å²) in [6.07, 6.45) is 3.62. The number of fused-ring (bicyclic) bond motifs is 3. The highest BCUT2D eigenvalue weighted by Crippen LogP contribution is 2.36. The molecule has 2 aromatic heterocycles. The molecule has 1 N–H and O–H groups in total. The van der Waals surface area contributed by atoms with Crippen LogP contribution >= 0.6 is 31.9 Å². The molecule has 5 heteroatoms. The Labute approximate surface area is 114 Å². The zero-order valence-electron chi connectivity index (χ0n) is 8.92. The van der Waals surface area contributed by atoms with Crippen LogP contribution in [0.25, 0.3) is 21.8 Å². The number of rotatable bonds is 1. The normalized spacial score (nSPS) is 11.2. The van der Waals surface area contributed by atoms with E-state index in [0.29, 0.717) is 0 Å². The van der Waals surface area contributed by atoms with Gasteiger partial charge in [0.2, 0.25) is 0 Å². The van der Waals surface area contributed by atoms with Crippen molar-refractivity contribution in [3.63, 3.8) is 0 Å². The predicted molar refractivity (Wildman–Crippen MR) is 75.6 cm³/mol. The van der Waals surface area contributed by atoms with Gasteiger partial charge in [-0.1, -0.05) is 0 Å². The van der Waals surface area contributed by atoms with Crippen molar-refractivity contribution < 1.29 is 4.74 Å². The number of nitrogens with zero attached hydrogens (tertiary/aromatic N) is 1. The topological polar surface area (TPSA) is 37.9 Å². The summed E-state index contributed by atoms with van der Waals surface area (Å²) in [5, 5.41) is 2.25. The van der Waals surface area contributed by atoms with Gasteiger partial charge in [0.25, 0.3) is 0 Å². The number of H-pyrrole nitrogens is 1. The maximum absolute atomic E-state index is 5.32. The molecule has 0 atom stereocenters. The molecule has 0 saturated carbocycles. The smallest absolute Gasteiger partial charge is 0.133 e. The Morgan fingerprint density at radius 3 is 2.71 bits per heavy atom. The van der Waals surface area contributed by atoms with Crippen LogP contribution in [0.15, 0.2) is 33.5 Å². The Kier molecular flexibility index (Phi) is 2.60. The Hall–Kier alpha value is -1.07. The molecule has 0 bridgehead atoms. The molecule has 0 aliphatic carbocycles. The number of hydrogen-bond acceptors (Lipinski definition) is 2. The molecule has 0 aliphatic heterocycles. The molecule has 3 aromatic rings. The SMILES string of the molecule is COc1cc2c(cc1Br)[nH]c1cncc(Br)c12. The number of nitrogens with one attached hydrogen (secondary N) is 1. The molecule has 0 radical (unpaired) electrons. The number of aromatic amines is 1. The highest BCUT2D eigenvalue weighted by Gasteiger charge is 2.11. The minimum absolute atomic E-state index is 0.821. The number of halogens is 2. The van der Waals surface area contributed by atoms with Crippen molar-refractivity contribution >= 4 is 53.7 Å². The van der Waals surface area contributed by atoms with Crippen LogP contribution in [0.1, 0.15) is 0 Å². The third kappa shape index (κ3) is 1.65. The van der Waals surface area contributed by atoms with Crippen LogP contribution < -0.4 is 4.74 Å². The summed E-state index contributed by atoms with van der Waals surface area (Å²) < 4.78 is 7.23. The maximum Gasteiger partial charge on any atom is 0.133 e. The van der Waals surface area contributed by atoms with E-state index < -0.39 is 0 Å². The summed E-state index contributed by atoms with van der Waals surface area (Å²) in [5.74, 6) is 0.821. The Morgan fingerprint density at radius 1 is 1.12 bits per heavy atom. The maximum atomic E-state index is 5.32. The van der Waals surface area contributed by atoms with Gasteiger partial charge in [-0.3, -0.25) is 4.98 Å². The molecule has 86 valence electrons. The van der Waals surface area contributed by atoms with Gasteiger partial charge in [-0.25, -0.2) is 0 Å². The molecule has 0 saturated heterocycles. The van der Waals surface area contributed by atoms with Crippen molar-refractivity contribution in [2.24, 2.45) is 0 Å². The standard InChI is InChI=1S/C12H8Br2N2O/c1-17-11-2-6-9(3-7(11)13)16-10-5-15-4-8(14)12(6)10/h2-5,16H,1H3. The van der Waals surface area contributed by atoms with E-state index in [1.165, 1.54) is 0 Å². The summed E-state index contributed by atoms with van der Waals surface area (Å²) in [5.41, 5.74) is 2.07. The number of pyridine rings is 1. The lowest BCUT2D eigenvalue weighted by Gasteiger charge is -2.03. The van der Waals surface area contributed by atoms with Crippen molar-refractivity contribution in [3.05, 3.63) is 33.5 Å². The second kappa shape index (κ2) is 3.99. The second-order valence-electron chi connectivity index (χ2n) is 3.70. The van der Waals surface area contributed by atoms with Gasteiger partial charge in [0.1, 0.15) is 5.75 Å². The van der Waals surface area contributed by atoms with E-state index >= 15 is 0 Å². The quantitative estimate of drug-likeness (QED) is 0.708. The summed E-state index contributed by atoms with van der Waals surface area (Å²) >= 11 is 7.01.